The minimum Gasteiger partial charge on any atom is -0.103 e. The molecule has 0 aromatic heterocycles. The van der Waals surface area contributed by atoms with Gasteiger partial charge < -0.3 is 0 Å². The fourth-order valence-corrected chi connectivity index (χ4v) is 3.30. The van der Waals surface area contributed by atoms with Crippen LogP contribution < -0.4 is 0 Å². The Morgan fingerprint density at radius 2 is 2.25 bits per heavy atom. The van der Waals surface area contributed by atoms with Gasteiger partial charge in [-0.3, -0.25) is 0 Å². The van der Waals surface area contributed by atoms with Crippen molar-refractivity contribution in [2.75, 3.05) is 0 Å². The van der Waals surface area contributed by atoms with E-state index < -0.39 is 0 Å². The Balaban J connectivity index is 2.27. The zero-order valence-corrected chi connectivity index (χ0v) is 7.97. The zero-order chi connectivity index (χ0) is 8.77. The molecule has 0 radical (unpaired) electrons. The van der Waals surface area contributed by atoms with E-state index in [1.165, 1.54) is 31.3 Å². The highest BCUT2D eigenvalue weighted by Gasteiger charge is 2.48. The summed E-state index contributed by atoms with van der Waals surface area (Å²) in [4.78, 5) is 0. The van der Waals surface area contributed by atoms with Gasteiger partial charge in [0.2, 0.25) is 0 Å². The Labute approximate surface area is 75.4 Å². The minimum atomic E-state index is 0.527. The number of allylic oxidation sites excluding steroid dienone is 2. The molecule has 66 valence electrons. The van der Waals surface area contributed by atoms with Crippen LogP contribution in [0.3, 0.4) is 0 Å². The molecule has 0 bridgehead atoms. The monoisotopic (exact) mass is 162 g/mol. The maximum Gasteiger partial charge on any atom is -0.0176 e. The van der Waals surface area contributed by atoms with E-state index in [1.807, 2.05) is 0 Å². The van der Waals surface area contributed by atoms with Crippen LogP contribution in [-0.2, 0) is 0 Å². The molecule has 0 aromatic carbocycles. The Bertz CT molecular complexity index is 226. The van der Waals surface area contributed by atoms with Gasteiger partial charge in [0, 0.05) is 0 Å². The third-order valence-corrected chi connectivity index (χ3v) is 4.06. The lowest BCUT2D eigenvalue weighted by atomic mass is 9.75. The molecule has 0 aromatic rings. The Morgan fingerprint density at radius 1 is 1.50 bits per heavy atom. The van der Waals surface area contributed by atoms with E-state index in [4.69, 9.17) is 0 Å². The summed E-state index contributed by atoms with van der Waals surface area (Å²) in [6.07, 6.45) is 7.44. The summed E-state index contributed by atoms with van der Waals surface area (Å²) in [5.74, 6) is 1.66. The van der Waals surface area contributed by atoms with E-state index >= 15 is 0 Å². The van der Waals surface area contributed by atoms with Crippen LogP contribution in [-0.4, -0.2) is 0 Å². The van der Waals surface area contributed by atoms with Crippen molar-refractivity contribution in [2.24, 2.45) is 17.3 Å². The molecule has 0 aliphatic heterocycles. The van der Waals surface area contributed by atoms with Crippen molar-refractivity contribution in [3.8, 4) is 0 Å². The Morgan fingerprint density at radius 3 is 2.92 bits per heavy atom. The van der Waals surface area contributed by atoms with Gasteiger partial charge in [-0.2, -0.15) is 0 Å². The van der Waals surface area contributed by atoms with Gasteiger partial charge in [0.25, 0.3) is 0 Å². The Hall–Kier alpha value is -0.520. The van der Waals surface area contributed by atoms with Crippen molar-refractivity contribution in [1.82, 2.24) is 0 Å². The van der Waals surface area contributed by atoms with Crippen molar-refractivity contribution < 1.29 is 0 Å². The number of hydrogen-bond acceptors (Lipinski definition) is 0. The minimum absolute atomic E-state index is 0.527. The topological polar surface area (TPSA) is 0 Å². The first-order chi connectivity index (χ1) is 5.66. The van der Waals surface area contributed by atoms with Crippen molar-refractivity contribution in [3.05, 3.63) is 24.8 Å². The van der Waals surface area contributed by atoms with Crippen LogP contribution in [0.25, 0.3) is 0 Å². The summed E-state index contributed by atoms with van der Waals surface area (Å²) in [6.45, 7) is 10.5. The first-order valence-corrected chi connectivity index (χ1v) is 4.96. The van der Waals surface area contributed by atoms with Crippen LogP contribution in [0.2, 0.25) is 0 Å². The summed E-state index contributed by atoms with van der Waals surface area (Å²) in [7, 11) is 0. The third kappa shape index (κ3) is 0.903. The van der Waals surface area contributed by atoms with Gasteiger partial charge in [0.05, 0.1) is 0 Å². The standard InChI is InChI=1S/C12H18/c1-4-10-5-6-11-7-9(2)8-12(10,11)3/h4,10-11H,1-2,5-8H2,3H3/t10-,11+,12-/m1/s1. The average Bonchev–Trinajstić information content (AvgIpc) is 2.41. The second-order valence-corrected chi connectivity index (χ2v) is 4.75. The van der Waals surface area contributed by atoms with Crippen molar-refractivity contribution in [1.29, 1.82) is 0 Å². The molecule has 2 aliphatic carbocycles. The van der Waals surface area contributed by atoms with Crippen LogP contribution in [0.4, 0.5) is 0 Å². The quantitative estimate of drug-likeness (QED) is 0.517. The number of fused-ring (bicyclic) bond motifs is 1. The molecular formula is C12H18. The van der Waals surface area contributed by atoms with Crippen molar-refractivity contribution in [3.63, 3.8) is 0 Å². The van der Waals surface area contributed by atoms with Crippen LogP contribution in [0.5, 0.6) is 0 Å². The lowest BCUT2D eigenvalue weighted by Gasteiger charge is -2.29. The molecule has 3 atom stereocenters. The van der Waals surface area contributed by atoms with Gasteiger partial charge in [-0.05, 0) is 42.9 Å². The summed E-state index contributed by atoms with van der Waals surface area (Å²) in [5, 5.41) is 0. The Kier molecular flexibility index (Phi) is 1.67. The van der Waals surface area contributed by atoms with Gasteiger partial charge in [0.1, 0.15) is 0 Å². The van der Waals surface area contributed by atoms with E-state index in [0.717, 1.165) is 11.8 Å². The maximum absolute atomic E-state index is 4.12. The molecule has 0 heterocycles. The molecule has 2 aliphatic rings. The molecule has 0 N–H and O–H groups in total. The SMILES string of the molecule is C=C[C@@H]1CC[C@H]2CC(=C)C[C@@]21C. The fraction of sp³-hybridized carbons (Fsp3) is 0.667. The molecule has 0 heteroatoms. The second-order valence-electron chi connectivity index (χ2n) is 4.75. The summed E-state index contributed by atoms with van der Waals surface area (Å²) >= 11 is 0. The largest absolute Gasteiger partial charge is 0.103 e. The third-order valence-electron chi connectivity index (χ3n) is 4.06. The predicted octanol–water partition coefficient (Wildman–Crippen LogP) is 3.55. The summed E-state index contributed by atoms with van der Waals surface area (Å²) in [5.41, 5.74) is 1.99. The van der Waals surface area contributed by atoms with Gasteiger partial charge >= 0.3 is 0 Å². The van der Waals surface area contributed by atoms with Crippen LogP contribution >= 0.6 is 0 Å². The molecule has 2 saturated carbocycles. The summed E-state index contributed by atoms with van der Waals surface area (Å²) in [6, 6.07) is 0. The van der Waals surface area contributed by atoms with E-state index in [9.17, 15) is 0 Å². The first-order valence-electron chi connectivity index (χ1n) is 4.96. The molecular weight excluding hydrogens is 144 g/mol. The lowest BCUT2D eigenvalue weighted by molar-refractivity contribution is 0.229. The molecule has 0 amide bonds. The first kappa shape index (κ1) is 8.10. The zero-order valence-electron chi connectivity index (χ0n) is 7.97. The fourth-order valence-electron chi connectivity index (χ4n) is 3.30. The molecule has 12 heavy (non-hydrogen) atoms. The van der Waals surface area contributed by atoms with Crippen LogP contribution in [0, 0.1) is 17.3 Å². The molecule has 0 saturated heterocycles. The van der Waals surface area contributed by atoms with Gasteiger partial charge in [-0.25, -0.2) is 0 Å². The average molecular weight is 162 g/mol. The highest BCUT2D eigenvalue weighted by molar-refractivity contribution is 5.17. The summed E-state index contributed by atoms with van der Waals surface area (Å²) < 4.78 is 0. The predicted molar refractivity (Wildman–Crippen MR) is 52.9 cm³/mol. The number of hydrogen-bond donors (Lipinski definition) is 0. The maximum atomic E-state index is 4.12. The normalized spacial score (nSPS) is 46.2. The van der Waals surface area contributed by atoms with E-state index in [2.05, 4.69) is 26.2 Å². The smallest absolute Gasteiger partial charge is 0.0176 e. The van der Waals surface area contributed by atoms with Gasteiger partial charge in [-0.1, -0.05) is 25.2 Å². The van der Waals surface area contributed by atoms with E-state index in [1.54, 1.807) is 0 Å². The van der Waals surface area contributed by atoms with Crippen molar-refractivity contribution >= 4 is 0 Å². The second kappa shape index (κ2) is 2.48. The van der Waals surface area contributed by atoms with Gasteiger partial charge in [0.15, 0.2) is 0 Å². The molecule has 2 rings (SSSR count). The molecule has 0 unspecified atom stereocenters. The van der Waals surface area contributed by atoms with Crippen LogP contribution in [0.15, 0.2) is 24.8 Å². The highest BCUT2D eigenvalue weighted by atomic mass is 14.5. The number of rotatable bonds is 1. The van der Waals surface area contributed by atoms with Crippen LogP contribution in [0.1, 0.15) is 32.6 Å². The van der Waals surface area contributed by atoms with E-state index in [-0.39, 0.29) is 0 Å². The molecule has 2 fully saturated rings. The molecule has 0 nitrogen and oxygen atoms in total. The highest BCUT2D eigenvalue weighted by Crippen LogP contribution is 2.58. The lowest BCUT2D eigenvalue weighted by Crippen LogP contribution is -2.22. The van der Waals surface area contributed by atoms with Gasteiger partial charge in [-0.15, -0.1) is 6.58 Å². The van der Waals surface area contributed by atoms with E-state index in [0.29, 0.717) is 5.41 Å². The van der Waals surface area contributed by atoms with Crippen molar-refractivity contribution in [2.45, 2.75) is 32.6 Å². The molecule has 0 spiro atoms.